The van der Waals surface area contributed by atoms with E-state index in [1.807, 2.05) is 44.2 Å². The van der Waals surface area contributed by atoms with Gasteiger partial charge in [0, 0.05) is 19.2 Å². The summed E-state index contributed by atoms with van der Waals surface area (Å²) in [5.41, 5.74) is 2.03. The van der Waals surface area contributed by atoms with Crippen molar-refractivity contribution in [3.8, 4) is 11.5 Å². The summed E-state index contributed by atoms with van der Waals surface area (Å²) in [6.45, 7) is 5.59. The molecule has 0 aliphatic carbocycles. The van der Waals surface area contributed by atoms with Gasteiger partial charge >= 0.3 is 0 Å². The predicted molar refractivity (Wildman–Crippen MR) is 160 cm³/mol. The third-order valence-electron chi connectivity index (χ3n) is 6.74. The lowest BCUT2D eigenvalue weighted by Gasteiger charge is -2.32. The number of anilines is 1. The third-order valence-corrected chi connectivity index (χ3v) is 8.52. The molecule has 0 saturated carbocycles. The molecule has 0 aliphatic heterocycles. The number of benzene rings is 3. The molecule has 10 heteroatoms. The second-order valence-corrected chi connectivity index (χ2v) is 11.5. The van der Waals surface area contributed by atoms with Crippen LogP contribution in [-0.4, -0.2) is 65.0 Å². The molecule has 1 N–H and O–H groups in total. The number of amides is 2. The van der Waals surface area contributed by atoms with Crippen LogP contribution in [0, 0.1) is 6.92 Å². The number of carbonyl (C=O) groups is 2. The van der Waals surface area contributed by atoms with Crippen LogP contribution in [0.2, 0.25) is 0 Å². The quantitative estimate of drug-likeness (QED) is 0.306. The van der Waals surface area contributed by atoms with Crippen LogP contribution in [0.15, 0.2) is 77.7 Å². The first kappa shape index (κ1) is 31.5. The zero-order chi connectivity index (χ0) is 30.0. The summed E-state index contributed by atoms with van der Waals surface area (Å²) >= 11 is 0. The Morgan fingerprint density at radius 2 is 1.63 bits per heavy atom. The summed E-state index contributed by atoms with van der Waals surface area (Å²) in [5.74, 6) is -0.190. The van der Waals surface area contributed by atoms with Gasteiger partial charge < -0.3 is 19.7 Å². The Balaban J connectivity index is 2.06. The first-order valence-corrected chi connectivity index (χ1v) is 15.0. The fraction of sp³-hybridized carbons (Fsp3) is 0.355. The lowest BCUT2D eigenvalue weighted by Crippen LogP contribution is -2.52. The highest BCUT2D eigenvalue weighted by atomic mass is 32.2. The molecule has 3 rings (SSSR count). The summed E-state index contributed by atoms with van der Waals surface area (Å²) < 4.78 is 40.0. The van der Waals surface area contributed by atoms with E-state index in [4.69, 9.17) is 9.47 Å². The maximum Gasteiger partial charge on any atom is 0.264 e. The number of ether oxygens (including phenoxy) is 2. The van der Waals surface area contributed by atoms with Gasteiger partial charge in [-0.15, -0.1) is 0 Å². The molecular weight excluding hydrogens is 542 g/mol. The topological polar surface area (TPSA) is 105 Å². The van der Waals surface area contributed by atoms with E-state index in [9.17, 15) is 18.0 Å². The van der Waals surface area contributed by atoms with Crippen molar-refractivity contribution in [2.45, 2.75) is 44.6 Å². The van der Waals surface area contributed by atoms with Gasteiger partial charge in [-0.1, -0.05) is 55.0 Å². The lowest BCUT2D eigenvalue weighted by atomic mass is 10.1. The van der Waals surface area contributed by atoms with Crippen LogP contribution < -0.4 is 19.1 Å². The fourth-order valence-corrected chi connectivity index (χ4v) is 5.72. The Kier molecular flexibility index (Phi) is 11.2. The summed E-state index contributed by atoms with van der Waals surface area (Å²) in [6.07, 6.45) is 1.24. The molecule has 0 aromatic heterocycles. The van der Waals surface area contributed by atoms with Crippen LogP contribution in [0.5, 0.6) is 11.5 Å². The van der Waals surface area contributed by atoms with Crippen molar-refractivity contribution in [2.75, 3.05) is 38.2 Å². The Labute approximate surface area is 243 Å². The number of methoxy groups -OCH3 is 2. The molecule has 0 spiro atoms. The minimum atomic E-state index is -4.23. The van der Waals surface area contributed by atoms with Gasteiger partial charge in [-0.3, -0.25) is 13.9 Å². The van der Waals surface area contributed by atoms with Crippen LogP contribution in [0.25, 0.3) is 0 Å². The molecule has 41 heavy (non-hydrogen) atoms. The highest BCUT2D eigenvalue weighted by molar-refractivity contribution is 7.92. The second-order valence-electron chi connectivity index (χ2n) is 9.65. The van der Waals surface area contributed by atoms with Gasteiger partial charge in [0.15, 0.2) is 0 Å². The number of nitrogens with one attached hydrogen (secondary N) is 1. The monoisotopic (exact) mass is 581 g/mol. The van der Waals surface area contributed by atoms with Crippen LogP contribution in [0.1, 0.15) is 31.4 Å². The summed E-state index contributed by atoms with van der Waals surface area (Å²) in [7, 11) is -1.34. The first-order valence-electron chi connectivity index (χ1n) is 13.5. The molecule has 0 fully saturated rings. The van der Waals surface area contributed by atoms with E-state index in [-0.39, 0.29) is 28.8 Å². The fourth-order valence-electron chi connectivity index (χ4n) is 4.31. The number of hydrogen-bond acceptors (Lipinski definition) is 6. The molecule has 3 aromatic carbocycles. The average Bonchev–Trinajstić information content (AvgIpc) is 2.98. The van der Waals surface area contributed by atoms with Gasteiger partial charge in [-0.2, -0.15) is 0 Å². The van der Waals surface area contributed by atoms with Gasteiger partial charge in [0.05, 0.1) is 24.8 Å². The summed E-state index contributed by atoms with van der Waals surface area (Å²) in [6, 6.07) is 19.9. The molecule has 0 bridgehead atoms. The van der Waals surface area contributed by atoms with Crippen molar-refractivity contribution in [3.05, 3.63) is 83.9 Å². The first-order chi connectivity index (χ1) is 19.6. The minimum Gasteiger partial charge on any atom is -0.497 e. The molecule has 2 amide bonds. The molecule has 9 nitrogen and oxygen atoms in total. The Morgan fingerprint density at radius 1 is 0.951 bits per heavy atom. The van der Waals surface area contributed by atoms with Crippen molar-refractivity contribution in [1.29, 1.82) is 0 Å². The van der Waals surface area contributed by atoms with E-state index in [1.54, 1.807) is 31.2 Å². The minimum absolute atomic E-state index is 0.0188. The van der Waals surface area contributed by atoms with E-state index in [0.29, 0.717) is 18.7 Å². The summed E-state index contributed by atoms with van der Waals surface area (Å²) in [5, 5.41) is 2.84. The van der Waals surface area contributed by atoms with Gasteiger partial charge in [0.25, 0.3) is 10.0 Å². The van der Waals surface area contributed by atoms with Gasteiger partial charge in [-0.05, 0) is 56.5 Å². The van der Waals surface area contributed by atoms with E-state index < -0.39 is 28.5 Å². The molecule has 1 unspecified atom stereocenters. The Bertz CT molecular complexity index is 1410. The molecule has 1 atom stereocenters. The number of rotatable bonds is 14. The van der Waals surface area contributed by atoms with Crippen LogP contribution >= 0.6 is 0 Å². The number of nitrogens with zero attached hydrogens (tertiary/aromatic N) is 2. The standard InChI is InChI=1S/C31H39N3O6S/c1-6-19-32-31(36)24(3)33(20-18-25-10-8-7-9-11-25)30(35)22-34(28-21-26(39-4)14-17-29(28)40-5)41(37,38)27-15-12-23(2)13-16-27/h7-17,21,24H,6,18-20,22H2,1-5H3,(H,32,36). The SMILES string of the molecule is CCCNC(=O)C(C)N(CCc1ccccc1)C(=O)CN(c1cc(OC)ccc1OC)S(=O)(=O)c1ccc(C)cc1. The zero-order valence-electron chi connectivity index (χ0n) is 24.3. The van der Waals surface area contributed by atoms with Crippen molar-refractivity contribution in [1.82, 2.24) is 10.2 Å². The van der Waals surface area contributed by atoms with Crippen molar-refractivity contribution in [3.63, 3.8) is 0 Å². The molecule has 0 heterocycles. The van der Waals surface area contributed by atoms with E-state index in [1.165, 1.54) is 37.3 Å². The molecule has 0 radical (unpaired) electrons. The smallest absolute Gasteiger partial charge is 0.264 e. The Morgan fingerprint density at radius 3 is 2.24 bits per heavy atom. The Hall–Kier alpha value is -4.05. The van der Waals surface area contributed by atoms with Gasteiger partial charge in [-0.25, -0.2) is 8.42 Å². The zero-order valence-corrected chi connectivity index (χ0v) is 25.1. The van der Waals surface area contributed by atoms with Crippen LogP contribution in [0.4, 0.5) is 5.69 Å². The van der Waals surface area contributed by atoms with Gasteiger partial charge in [0.2, 0.25) is 11.8 Å². The maximum atomic E-state index is 14.1. The number of aryl methyl sites for hydroxylation is 1. The number of carbonyl (C=O) groups excluding carboxylic acids is 2. The predicted octanol–water partition coefficient (Wildman–Crippen LogP) is 4.19. The largest absolute Gasteiger partial charge is 0.497 e. The highest BCUT2D eigenvalue weighted by Crippen LogP contribution is 2.36. The van der Waals surface area contributed by atoms with Crippen molar-refractivity contribution < 1.29 is 27.5 Å². The van der Waals surface area contributed by atoms with E-state index >= 15 is 0 Å². The molecule has 220 valence electrons. The molecule has 3 aromatic rings. The van der Waals surface area contributed by atoms with Crippen molar-refractivity contribution >= 4 is 27.5 Å². The van der Waals surface area contributed by atoms with Crippen molar-refractivity contribution in [2.24, 2.45) is 0 Å². The second kappa shape index (κ2) is 14.5. The van der Waals surface area contributed by atoms with E-state index in [0.717, 1.165) is 21.9 Å². The average molecular weight is 582 g/mol. The lowest BCUT2D eigenvalue weighted by molar-refractivity contribution is -0.138. The molecular formula is C31H39N3O6S. The highest BCUT2D eigenvalue weighted by Gasteiger charge is 2.34. The molecule has 0 saturated heterocycles. The number of sulfonamides is 1. The van der Waals surface area contributed by atoms with Gasteiger partial charge in [0.1, 0.15) is 24.1 Å². The number of hydrogen-bond donors (Lipinski definition) is 1. The maximum absolute atomic E-state index is 14.1. The van der Waals surface area contributed by atoms with E-state index in [2.05, 4.69) is 5.32 Å². The van der Waals surface area contributed by atoms with Crippen LogP contribution in [-0.2, 0) is 26.0 Å². The van der Waals surface area contributed by atoms with Crippen LogP contribution in [0.3, 0.4) is 0 Å². The normalized spacial score (nSPS) is 11.8. The summed E-state index contributed by atoms with van der Waals surface area (Å²) in [4.78, 5) is 28.4. The third kappa shape index (κ3) is 8.00. The molecule has 0 aliphatic rings.